The van der Waals surface area contributed by atoms with Crippen LogP contribution in [0.3, 0.4) is 0 Å². The fourth-order valence-corrected chi connectivity index (χ4v) is 1.61. The Kier molecular flexibility index (Phi) is 3.52. The molecule has 0 heterocycles. The van der Waals surface area contributed by atoms with E-state index in [1.54, 1.807) is 24.3 Å². The summed E-state index contributed by atoms with van der Waals surface area (Å²) >= 11 is 0. The molecule has 0 radical (unpaired) electrons. The number of nitro benzene ring substituents is 1. The van der Waals surface area contributed by atoms with Crippen molar-refractivity contribution in [1.82, 2.24) is 0 Å². The molecule has 102 valence electrons. The molecule has 0 aliphatic rings. The van der Waals surface area contributed by atoms with Gasteiger partial charge in [0.2, 0.25) is 0 Å². The number of primary amides is 1. The van der Waals surface area contributed by atoms with Crippen molar-refractivity contribution in [2.75, 3.05) is 5.73 Å². The summed E-state index contributed by atoms with van der Waals surface area (Å²) in [6, 6.07) is 10.4. The van der Waals surface area contributed by atoms with E-state index in [4.69, 9.17) is 16.2 Å². The van der Waals surface area contributed by atoms with Crippen molar-refractivity contribution in [1.29, 1.82) is 0 Å². The molecule has 0 bridgehead atoms. The van der Waals surface area contributed by atoms with Gasteiger partial charge in [-0.1, -0.05) is 0 Å². The molecule has 0 atom stereocenters. The highest BCUT2D eigenvalue weighted by molar-refractivity contribution is 5.97. The van der Waals surface area contributed by atoms with E-state index in [1.165, 1.54) is 18.2 Å². The van der Waals surface area contributed by atoms with Gasteiger partial charge in [-0.15, -0.1) is 0 Å². The molecule has 0 unspecified atom stereocenters. The van der Waals surface area contributed by atoms with Gasteiger partial charge in [-0.05, 0) is 30.3 Å². The largest absolute Gasteiger partial charge is 0.457 e. The number of hydrogen-bond acceptors (Lipinski definition) is 5. The standard InChI is InChI=1S/C13H11N3O4/c14-8-1-3-9(4-2-8)20-10-5-6-12(16(18)19)11(7-10)13(15)17/h1-7H,14H2,(H2,15,17). The lowest BCUT2D eigenvalue weighted by atomic mass is 10.1. The summed E-state index contributed by atoms with van der Waals surface area (Å²) < 4.78 is 5.47. The Morgan fingerprint density at radius 1 is 1.10 bits per heavy atom. The zero-order valence-corrected chi connectivity index (χ0v) is 10.3. The number of nitrogens with zero attached hydrogens (tertiary/aromatic N) is 1. The van der Waals surface area contributed by atoms with Crippen LogP contribution in [0.25, 0.3) is 0 Å². The van der Waals surface area contributed by atoms with E-state index in [9.17, 15) is 14.9 Å². The topological polar surface area (TPSA) is 121 Å². The van der Waals surface area contributed by atoms with E-state index < -0.39 is 10.8 Å². The summed E-state index contributed by atoms with van der Waals surface area (Å²) in [7, 11) is 0. The normalized spacial score (nSPS) is 10.0. The summed E-state index contributed by atoms with van der Waals surface area (Å²) in [4.78, 5) is 21.3. The highest BCUT2D eigenvalue weighted by Crippen LogP contribution is 2.27. The number of hydrogen-bond donors (Lipinski definition) is 2. The molecule has 0 saturated heterocycles. The molecule has 0 spiro atoms. The number of rotatable bonds is 4. The molecule has 0 fully saturated rings. The Morgan fingerprint density at radius 2 is 1.70 bits per heavy atom. The molecular weight excluding hydrogens is 262 g/mol. The Hall–Kier alpha value is -3.09. The first-order valence-electron chi connectivity index (χ1n) is 5.59. The predicted octanol–water partition coefficient (Wildman–Crippen LogP) is 2.07. The van der Waals surface area contributed by atoms with E-state index >= 15 is 0 Å². The second-order valence-corrected chi connectivity index (χ2v) is 3.97. The third kappa shape index (κ3) is 2.83. The fraction of sp³-hybridized carbons (Fsp3) is 0. The zero-order valence-electron chi connectivity index (χ0n) is 10.3. The third-order valence-corrected chi connectivity index (χ3v) is 2.55. The molecule has 7 heteroatoms. The maximum absolute atomic E-state index is 11.2. The van der Waals surface area contributed by atoms with Crippen LogP contribution in [0.4, 0.5) is 11.4 Å². The molecule has 20 heavy (non-hydrogen) atoms. The summed E-state index contributed by atoms with van der Waals surface area (Å²) in [5.41, 5.74) is 10.7. The van der Waals surface area contributed by atoms with Crippen molar-refractivity contribution in [2.45, 2.75) is 0 Å². The number of nitrogens with two attached hydrogens (primary N) is 2. The van der Waals surface area contributed by atoms with E-state index in [1.807, 2.05) is 0 Å². The second-order valence-electron chi connectivity index (χ2n) is 3.97. The van der Waals surface area contributed by atoms with Crippen LogP contribution < -0.4 is 16.2 Å². The average molecular weight is 273 g/mol. The van der Waals surface area contributed by atoms with E-state index in [0.29, 0.717) is 11.4 Å². The van der Waals surface area contributed by atoms with Gasteiger partial charge in [-0.2, -0.15) is 0 Å². The molecule has 1 amide bonds. The van der Waals surface area contributed by atoms with Gasteiger partial charge in [0.05, 0.1) is 4.92 Å². The minimum absolute atomic E-state index is 0.206. The summed E-state index contributed by atoms with van der Waals surface area (Å²) in [5.74, 6) is -0.128. The van der Waals surface area contributed by atoms with Crippen LogP contribution >= 0.6 is 0 Å². The summed E-state index contributed by atoms with van der Waals surface area (Å²) in [6.45, 7) is 0. The number of nitrogen functional groups attached to an aromatic ring is 1. The molecule has 0 aliphatic heterocycles. The number of anilines is 1. The smallest absolute Gasteiger partial charge is 0.282 e. The predicted molar refractivity (Wildman–Crippen MR) is 72.5 cm³/mol. The lowest BCUT2D eigenvalue weighted by molar-refractivity contribution is -0.385. The van der Waals surface area contributed by atoms with Gasteiger partial charge in [0.25, 0.3) is 11.6 Å². The molecule has 2 aromatic carbocycles. The molecule has 4 N–H and O–H groups in total. The first-order valence-corrected chi connectivity index (χ1v) is 5.59. The van der Waals surface area contributed by atoms with Gasteiger partial charge in [0, 0.05) is 17.8 Å². The maximum Gasteiger partial charge on any atom is 0.282 e. The van der Waals surface area contributed by atoms with E-state index in [0.717, 1.165) is 0 Å². The molecule has 7 nitrogen and oxygen atoms in total. The third-order valence-electron chi connectivity index (χ3n) is 2.55. The average Bonchev–Trinajstić information content (AvgIpc) is 2.41. The molecule has 2 aromatic rings. The van der Waals surface area contributed by atoms with Crippen LogP contribution in [0.2, 0.25) is 0 Å². The zero-order chi connectivity index (χ0) is 14.7. The van der Waals surface area contributed by atoms with Crippen LogP contribution in [0.15, 0.2) is 42.5 Å². The molecule has 0 aliphatic carbocycles. The maximum atomic E-state index is 11.2. The molecule has 0 saturated carbocycles. The Bertz CT molecular complexity index is 668. The van der Waals surface area contributed by atoms with Gasteiger partial charge in [-0.3, -0.25) is 14.9 Å². The number of ether oxygens (including phenoxy) is 1. The van der Waals surface area contributed by atoms with Gasteiger partial charge in [0.15, 0.2) is 0 Å². The molecule has 2 rings (SSSR count). The van der Waals surface area contributed by atoms with Crippen LogP contribution in [0, 0.1) is 10.1 Å². The minimum atomic E-state index is -0.889. The number of nitro groups is 1. The Balaban J connectivity index is 2.34. The second kappa shape index (κ2) is 5.27. The van der Waals surface area contributed by atoms with Crippen LogP contribution in [-0.2, 0) is 0 Å². The summed E-state index contributed by atoms with van der Waals surface area (Å²) in [6.07, 6.45) is 0. The quantitative estimate of drug-likeness (QED) is 0.501. The monoisotopic (exact) mass is 273 g/mol. The lowest BCUT2D eigenvalue weighted by Crippen LogP contribution is -2.13. The Labute approximate surface area is 113 Å². The highest BCUT2D eigenvalue weighted by Gasteiger charge is 2.19. The lowest BCUT2D eigenvalue weighted by Gasteiger charge is -2.07. The highest BCUT2D eigenvalue weighted by atomic mass is 16.6. The van der Waals surface area contributed by atoms with Crippen molar-refractivity contribution >= 4 is 17.3 Å². The van der Waals surface area contributed by atoms with Crippen LogP contribution in [0.1, 0.15) is 10.4 Å². The fourth-order valence-electron chi connectivity index (χ4n) is 1.61. The van der Waals surface area contributed by atoms with Crippen LogP contribution in [0.5, 0.6) is 11.5 Å². The number of carbonyl (C=O) groups is 1. The van der Waals surface area contributed by atoms with Gasteiger partial charge in [0.1, 0.15) is 17.1 Å². The first kappa shape index (κ1) is 13.3. The van der Waals surface area contributed by atoms with E-state index in [2.05, 4.69) is 0 Å². The van der Waals surface area contributed by atoms with Gasteiger partial charge < -0.3 is 16.2 Å². The minimum Gasteiger partial charge on any atom is -0.457 e. The number of amides is 1. The van der Waals surface area contributed by atoms with Crippen molar-refractivity contribution < 1.29 is 14.5 Å². The van der Waals surface area contributed by atoms with Crippen molar-refractivity contribution in [3.05, 3.63) is 58.1 Å². The van der Waals surface area contributed by atoms with E-state index in [-0.39, 0.29) is 17.0 Å². The SMILES string of the molecule is NC(=O)c1cc(Oc2ccc(N)cc2)ccc1[N+](=O)[O-]. The van der Waals surface area contributed by atoms with Gasteiger partial charge in [-0.25, -0.2) is 0 Å². The van der Waals surface area contributed by atoms with Crippen molar-refractivity contribution in [3.8, 4) is 11.5 Å². The Morgan fingerprint density at radius 3 is 2.25 bits per heavy atom. The molecule has 0 aromatic heterocycles. The van der Waals surface area contributed by atoms with Crippen molar-refractivity contribution in [3.63, 3.8) is 0 Å². The molecular formula is C13H11N3O4. The van der Waals surface area contributed by atoms with Gasteiger partial charge >= 0.3 is 0 Å². The van der Waals surface area contributed by atoms with Crippen LogP contribution in [-0.4, -0.2) is 10.8 Å². The van der Waals surface area contributed by atoms with Crippen molar-refractivity contribution in [2.24, 2.45) is 5.73 Å². The number of carbonyl (C=O) groups excluding carboxylic acids is 1. The first-order chi connectivity index (χ1) is 9.47. The number of benzene rings is 2. The summed E-state index contributed by atoms with van der Waals surface area (Å²) in [5, 5.41) is 10.8.